The Kier molecular flexibility index (Phi) is 15.3. The predicted octanol–water partition coefficient (Wildman–Crippen LogP) is 9.64. The van der Waals surface area contributed by atoms with E-state index in [1.54, 1.807) is 72.0 Å². The molecule has 16 heteroatoms. The second-order valence-electron chi connectivity index (χ2n) is 19.5. The van der Waals surface area contributed by atoms with Gasteiger partial charge in [0.15, 0.2) is 0 Å². The molecule has 0 saturated heterocycles. The summed E-state index contributed by atoms with van der Waals surface area (Å²) in [4.78, 5) is 35.8. The summed E-state index contributed by atoms with van der Waals surface area (Å²) in [7, 11) is 0. The van der Waals surface area contributed by atoms with Gasteiger partial charge in [-0.25, -0.2) is 18.1 Å². The molecule has 4 heterocycles. The van der Waals surface area contributed by atoms with Gasteiger partial charge >= 0.3 is 0 Å². The first-order chi connectivity index (χ1) is 35.7. The quantitative estimate of drug-likeness (QED) is 0.0477. The molecular formula is C58H62F2N12O2. The lowest BCUT2D eigenvalue weighted by Crippen LogP contribution is -2.39. The van der Waals surface area contributed by atoms with Crippen LogP contribution in [0.2, 0.25) is 0 Å². The van der Waals surface area contributed by atoms with E-state index in [4.69, 9.17) is 22.9 Å². The van der Waals surface area contributed by atoms with Gasteiger partial charge in [0.05, 0.1) is 56.6 Å². The van der Waals surface area contributed by atoms with Gasteiger partial charge in [0, 0.05) is 25.5 Å². The van der Waals surface area contributed by atoms with E-state index in [2.05, 4.69) is 30.8 Å². The Morgan fingerprint density at radius 2 is 0.986 bits per heavy atom. The van der Waals surface area contributed by atoms with Crippen LogP contribution in [0.3, 0.4) is 0 Å². The number of rotatable bonds is 18. The van der Waals surface area contributed by atoms with Crippen LogP contribution in [-0.4, -0.2) is 41.3 Å². The third kappa shape index (κ3) is 11.7. The number of carbonyl (C=O) groups excluding carboxylic acids is 2. The van der Waals surface area contributed by atoms with Crippen molar-refractivity contribution in [3.05, 3.63) is 214 Å². The number of aromatic nitrogens is 6. The van der Waals surface area contributed by atoms with Gasteiger partial charge in [-0.3, -0.25) is 19.6 Å². The van der Waals surface area contributed by atoms with E-state index in [9.17, 15) is 18.4 Å². The van der Waals surface area contributed by atoms with Gasteiger partial charge < -0.3 is 33.6 Å². The minimum absolute atomic E-state index is 0.0563. The Morgan fingerprint density at radius 1 is 0.568 bits per heavy atom. The fourth-order valence-corrected chi connectivity index (χ4v) is 9.29. The third-order valence-corrected chi connectivity index (χ3v) is 13.9. The highest BCUT2D eigenvalue weighted by atomic mass is 19.1. The summed E-state index contributed by atoms with van der Waals surface area (Å²) in [5.74, 6) is -0.701. The highest BCUT2D eigenvalue weighted by molar-refractivity contribution is 6.04. The molecule has 10 rings (SSSR count). The minimum atomic E-state index is -0.905. The van der Waals surface area contributed by atoms with Crippen molar-refractivity contribution >= 4 is 23.2 Å². The van der Waals surface area contributed by atoms with E-state index in [0.29, 0.717) is 83.0 Å². The Bertz CT molecular complexity index is 3050. The first-order valence-corrected chi connectivity index (χ1v) is 25.1. The van der Waals surface area contributed by atoms with Crippen molar-refractivity contribution in [3.8, 4) is 11.4 Å². The lowest BCUT2D eigenvalue weighted by Gasteiger charge is -2.30. The van der Waals surface area contributed by atoms with E-state index in [-0.39, 0.29) is 22.8 Å². The largest absolute Gasteiger partial charge is 0.326 e. The summed E-state index contributed by atoms with van der Waals surface area (Å²) in [5, 5.41) is 14.4. The lowest BCUT2D eigenvalue weighted by molar-refractivity contribution is 0.101. The van der Waals surface area contributed by atoms with Crippen LogP contribution in [0.5, 0.6) is 0 Å². The van der Waals surface area contributed by atoms with Crippen LogP contribution in [0.15, 0.2) is 146 Å². The molecule has 2 aliphatic carbocycles. The van der Waals surface area contributed by atoms with Crippen LogP contribution >= 0.6 is 0 Å². The van der Waals surface area contributed by atoms with E-state index < -0.39 is 34.5 Å². The van der Waals surface area contributed by atoms with Gasteiger partial charge in [-0.2, -0.15) is 10.2 Å². The van der Waals surface area contributed by atoms with Crippen LogP contribution in [0.1, 0.15) is 117 Å². The van der Waals surface area contributed by atoms with Gasteiger partial charge in [-0.1, -0.05) is 74.2 Å². The SMILES string of the molecule is Cc1cc(C(=O)Nc2cc(C(N)(CCC3CC3)c3ccccn3)ccc2F)n(-c2cccc(CN)c2)n1.Cc1cc(C(=O)Nc2cc(C(N)(CCC3CC3)c3ccccn3)ccc2F)n(-c2cccc(CN)c2)n1. The summed E-state index contributed by atoms with van der Waals surface area (Å²) >= 11 is 0. The predicted molar refractivity (Wildman–Crippen MR) is 283 cm³/mol. The maximum Gasteiger partial charge on any atom is 0.274 e. The maximum atomic E-state index is 15.0. The number of aryl methyl sites for hydroxylation is 2. The number of carbonyl (C=O) groups is 2. The molecule has 2 unspecified atom stereocenters. The first-order valence-electron chi connectivity index (χ1n) is 25.1. The molecule has 74 heavy (non-hydrogen) atoms. The standard InChI is InChI=1S/2C29H31FN6O/c2*1-19-15-26(36(35-19)23-6-4-5-21(16-23)18-31)28(37)34-25-17-22(10-11-24(25)30)29(32,13-12-20-8-9-20)27-7-2-3-14-33-27/h2*2-7,10-11,14-17,20H,8-9,12-13,18,31-32H2,1H3,(H,34,37). The zero-order valence-corrected chi connectivity index (χ0v) is 41.6. The minimum Gasteiger partial charge on any atom is -0.326 e. The van der Waals surface area contributed by atoms with Crippen LogP contribution in [0.4, 0.5) is 20.2 Å². The van der Waals surface area contributed by atoms with Crippen LogP contribution in [0, 0.1) is 37.3 Å². The summed E-state index contributed by atoms with van der Waals surface area (Å²) in [6.45, 7) is 4.34. The number of hydrogen-bond acceptors (Lipinski definition) is 10. The molecule has 2 aliphatic rings. The summed E-state index contributed by atoms with van der Waals surface area (Å²) in [6.07, 6.45) is 11.6. The molecule has 4 aromatic heterocycles. The van der Waals surface area contributed by atoms with Crippen molar-refractivity contribution in [2.24, 2.45) is 34.8 Å². The molecule has 8 aromatic rings. The fraction of sp³-hybridized carbons (Fsp3) is 0.276. The number of nitrogens with two attached hydrogens (primary N) is 4. The van der Waals surface area contributed by atoms with Gasteiger partial charge in [-0.05, 0) is 159 Å². The van der Waals surface area contributed by atoms with Crippen molar-refractivity contribution in [1.82, 2.24) is 29.5 Å². The monoisotopic (exact) mass is 997 g/mol. The van der Waals surface area contributed by atoms with E-state index in [1.807, 2.05) is 84.9 Å². The zero-order valence-electron chi connectivity index (χ0n) is 41.6. The Morgan fingerprint density at radius 3 is 1.35 bits per heavy atom. The van der Waals surface area contributed by atoms with Gasteiger partial charge in [0.2, 0.25) is 0 Å². The Balaban J connectivity index is 0.000000182. The topological polar surface area (TPSA) is 224 Å². The highest BCUT2D eigenvalue weighted by Crippen LogP contribution is 2.41. The number of benzene rings is 4. The molecule has 0 spiro atoms. The number of nitrogens with one attached hydrogen (secondary N) is 2. The van der Waals surface area contributed by atoms with Gasteiger partial charge in [0.25, 0.3) is 11.8 Å². The van der Waals surface area contributed by atoms with E-state index >= 15 is 0 Å². The van der Waals surface area contributed by atoms with Crippen molar-refractivity contribution in [2.75, 3.05) is 10.6 Å². The number of hydrogen-bond donors (Lipinski definition) is 6. The van der Waals surface area contributed by atoms with Crippen molar-refractivity contribution in [2.45, 2.75) is 89.4 Å². The molecule has 2 amide bonds. The molecule has 2 saturated carbocycles. The lowest BCUT2D eigenvalue weighted by atomic mass is 9.82. The summed E-state index contributed by atoms with van der Waals surface area (Å²) in [6, 6.07) is 38.9. The van der Waals surface area contributed by atoms with Gasteiger partial charge in [-0.15, -0.1) is 0 Å². The second-order valence-corrected chi connectivity index (χ2v) is 19.5. The molecule has 4 aromatic carbocycles. The number of nitrogens with zero attached hydrogens (tertiary/aromatic N) is 6. The molecule has 0 aliphatic heterocycles. The van der Waals surface area contributed by atoms with Crippen LogP contribution in [0.25, 0.3) is 11.4 Å². The highest BCUT2D eigenvalue weighted by Gasteiger charge is 2.36. The van der Waals surface area contributed by atoms with Gasteiger partial charge in [0.1, 0.15) is 23.0 Å². The molecule has 14 nitrogen and oxygen atoms in total. The molecule has 0 radical (unpaired) electrons. The average molecular weight is 997 g/mol. The average Bonchev–Trinajstić information content (AvgIpc) is 4.37. The molecule has 2 fully saturated rings. The summed E-state index contributed by atoms with van der Waals surface area (Å²) in [5.41, 5.74) is 31.8. The van der Waals surface area contributed by atoms with Crippen LogP contribution < -0.4 is 33.6 Å². The number of anilines is 2. The maximum absolute atomic E-state index is 15.0. The summed E-state index contributed by atoms with van der Waals surface area (Å²) < 4.78 is 33.0. The molecular weight excluding hydrogens is 935 g/mol. The second kappa shape index (κ2) is 22.2. The van der Waals surface area contributed by atoms with E-state index in [1.165, 1.54) is 37.8 Å². The number of pyridine rings is 2. The normalized spacial score (nSPS) is 14.8. The molecule has 2 atom stereocenters. The zero-order chi connectivity index (χ0) is 52.0. The molecule has 10 N–H and O–H groups in total. The third-order valence-electron chi connectivity index (χ3n) is 13.9. The van der Waals surface area contributed by atoms with Crippen molar-refractivity contribution in [1.29, 1.82) is 0 Å². The molecule has 380 valence electrons. The number of halogens is 2. The Hall–Kier alpha value is -7.76. The smallest absolute Gasteiger partial charge is 0.274 e. The Labute approximate surface area is 429 Å². The van der Waals surface area contributed by atoms with Crippen molar-refractivity contribution < 1.29 is 18.4 Å². The van der Waals surface area contributed by atoms with E-state index in [0.717, 1.165) is 24.0 Å². The van der Waals surface area contributed by atoms with Crippen molar-refractivity contribution in [3.63, 3.8) is 0 Å². The number of amides is 2. The molecule has 0 bridgehead atoms. The fourth-order valence-electron chi connectivity index (χ4n) is 9.29. The van der Waals surface area contributed by atoms with Crippen LogP contribution in [-0.2, 0) is 24.2 Å². The first kappa shape index (κ1) is 51.2.